The number of pyridine rings is 2. The molecule has 3 aromatic rings. The molecule has 0 fully saturated rings. The Morgan fingerprint density at radius 3 is 2.80 bits per heavy atom. The normalized spacial score (nSPS) is 10.7. The molecular formula is C16H15N3O. The van der Waals surface area contributed by atoms with E-state index in [1.54, 1.807) is 6.20 Å². The van der Waals surface area contributed by atoms with Gasteiger partial charge in [0.15, 0.2) is 5.75 Å². The molecule has 0 radical (unpaired) electrons. The van der Waals surface area contributed by atoms with E-state index in [2.05, 4.69) is 9.97 Å². The summed E-state index contributed by atoms with van der Waals surface area (Å²) in [5.74, 6) is 1.24. The summed E-state index contributed by atoms with van der Waals surface area (Å²) in [7, 11) is 0. The van der Waals surface area contributed by atoms with Gasteiger partial charge in [0.1, 0.15) is 0 Å². The number of benzene rings is 1. The van der Waals surface area contributed by atoms with Crippen molar-refractivity contribution in [3.8, 4) is 11.6 Å². The molecule has 2 N–H and O–H groups in total. The molecule has 3 rings (SSSR count). The quantitative estimate of drug-likeness (QED) is 0.790. The standard InChI is InChI=1S/C16H15N3O/c1-11-15(7-4-8-18-11)20-16-13(10-17)9-12-5-2-3-6-14(12)19-16/h2-9H,10,17H2,1H3. The van der Waals surface area contributed by atoms with Crippen LogP contribution in [0.2, 0.25) is 0 Å². The molecule has 0 aliphatic rings. The molecule has 100 valence electrons. The van der Waals surface area contributed by atoms with E-state index in [1.165, 1.54) is 0 Å². The van der Waals surface area contributed by atoms with Gasteiger partial charge in [-0.1, -0.05) is 18.2 Å². The minimum atomic E-state index is 0.381. The highest BCUT2D eigenvalue weighted by atomic mass is 16.5. The largest absolute Gasteiger partial charge is 0.437 e. The summed E-state index contributed by atoms with van der Waals surface area (Å²) in [6.07, 6.45) is 1.74. The van der Waals surface area contributed by atoms with Crippen molar-refractivity contribution in [2.45, 2.75) is 13.5 Å². The molecule has 4 heteroatoms. The lowest BCUT2D eigenvalue weighted by Crippen LogP contribution is -2.02. The first-order valence-electron chi connectivity index (χ1n) is 6.46. The van der Waals surface area contributed by atoms with Crippen molar-refractivity contribution in [1.29, 1.82) is 0 Å². The van der Waals surface area contributed by atoms with Gasteiger partial charge in [-0.2, -0.15) is 0 Å². The summed E-state index contributed by atoms with van der Waals surface area (Å²) in [6, 6.07) is 13.6. The number of aromatic nitrogens is 2. The number of nitrogens with two attached hydrogens (primary N) is 1. The summed E-state index contributed by atoms with van der Waals surface area (Å²) in [6.45, 7) is 2.28. The summed E-state index contributed by atoms with van der Waals surface area (Å²) in [5.41, 5.74) is 8.39. The lowest BCUT2D eigenvalue weighted by Gasteiger charge is -2.11. The average Bonchev–Trinajstić information content (AvgIpc) is 2.49. The second-order valence-corrected chi connectivity index (χ2v) is 4.54. The summed E-state index contributed by atoms with van der Waals surface area (Å²) < 4.78 is 5.89. The van der Waals surface area contributed by atoms with Crippen molar-refractivity contribution in [2.24, 2.45) is 5.73 Å². The molecule has 0 unspecified atom stereocenters. The number of hydrogen-bond donors (Lipinski definition) is 1. The third-order valence-corrected chi connectivity index (χ3v) is 3.15. The van der Waals surface area contributed by atoms with Crippen LogP contribution in [0.5, 0.6) is 11.6 Å². The molecule has 0 amide bonds. The van der Waals surface area contributed by atoms with E-state index < -0.39 is 0 Å². The molecular weight excluding hydrogens is 250 g/mol. The maximum atomic E-state index is 5.89. The van der Waals surface area contributed by atoms with Crippen molar-refractivity contribution in [2.75, 3.05) is 0 Å². The van der Waals surface area contributed by atoms with Gasteiger partial charge in [0.25, 0.3) is 0 Å². The molecule has 2 heterocycles. The smallest absolute Gasteiger partial charge is 0.224 e. The fourth-order valence-corrected chi connectivity index (χ4v) is 2.06. The van der Waals surface area contributed by atoms with E-state index in [1.807, 2.05) is 49.4 Å². The first-order chi connectivity index (χ1) is 9.78. The highest BCUT2D eigenvalue weighted by molar-refractivity contribution is 5.80. The number of hydrogen-bond acceptors (Lipinski definition) is 4. The van der Waals surface area contributed by atoms with Gasteiger partial charge >= 0.3 is 0 Å². The van der Waals surface area contributed by atoms with Crippen LogP contribution < -0.4 is 10.5 Å². The van der Waals surface area contributed by atoms with Gasteiger partial charge < -0.3 is 10.5 Å². The molecule has 0 atom stereocenters. The predicted molar refractivity (Wildman–Crippen MR) is 78.7 cm³/mol. The first-order valence-corrected chi connectivity index (χ1v) is 6.46. The summed E-state index contributed by atoms with van der Waals surface area (Å²) >= 11 is 0. The van der Waals surface area contributed by atoms with Crippen molar-refractivity contribution < 1.29 is 4.74 Å². The number of fused-ring (bicyclic) bond motifs is 1. The highest BCUT2D eigenvalue weighted by Gasteiger charge is 2.09. The highest BCUT2D eigenvalue weighted by Crippen LogP contribution is 2.27. The van der Waals surface area contributed by atoms with Crippen LogP contribution in [0.15, 0.2) is 48.7 Å². The van der Waals surface area contributed by atoms with Crippen LogP contribution >= 0.6 is 0 Å². The molecule has 2 aromatic heterocycles. The molecule has 0 aliphatic carbocycles. The van der Waals surface area contributed by atoms with Crippen LogP contribution in [-0.4, -0.2) is 9.97 Å². The van der Waals surface area contributed by atoms with Crippen molar-refractivity contribution >= 4 is 10.9 Å². The van der Waals surface area contributed by atoms with Gasteiger partial charge in [0.05, 0.1) is 11.2 Å². The zero-order valence-corrected chi connectivity index (χ0v) is 11.2. The fourth-order valence-electron chi connectivity index (χ4n) is 2.06. The summed E-state index contributed by atoms with van der Waals surface area (Å²) in [5, 5.41) is 1.06. The van der Waals surface area contributed by atoms with Gasteiger partial charge in [0, 0.05) is 23.7 Å². The molecule has 4 nitrogen and oxygen atoms in total. The van der Waals surface area contributed by atoms with Crippen LogP contribution in [0, 0.1) is 6.92 Å². The molecule has 0 aliphatic heterocycles. The van der Waals surface area contributed by atoms with Crippen molar-refractivity contribution in [1.82, 2.24) is 9.97 Å². The maximum absolute atomic E-state index is 5.89. The average molecular weight is 265 g/mol. The molecule has 0 saturated heterocycles. The Balaban J connectivity index is 2.08. The lowest BCUT2D eigenvalue weighted by atomic mass is 10.1. The number of nitrogens with zero attached hydrogens (tertiary/aromatic N) is 2. The molecule has 0 bridgehead atoms. The number of para-hydroxylation sites is 1. The lowest BCUT2D eigenvalue weighted by molar-refractivity contribution is 0.452. The Hall–Kier alpha value is -2.46. The van der Waals surface area contributed by atoms with E-state index in [9.17, 15) is 0 Å². The Morgan fingerprint density at radius 2 is 2.00 bits per heavy atom. The number of ether oxygens (including phenoxy) is 1. The van der Waals surface area contributed by atoms with E-state index in [4.69, 9.17) is 10.5 Å². The van der Waals surface area contributed by atoms with E-state index in [0.717, 1.165) is 22.2 Å². The molecule has 0 spiro atoms. The van der Waals surface area contributed by atoms with Gasteiger partial charge in [-0.25, -0.2) is 4.98 Å². The van der Waals surface area contributed by atoms with Crippen molar-refractivity contribution in [3.05, 3.63) is 59.9 Å². The van der Waals surface area contributed by atoms with E-state index >= 15 is 0 Å². The van der Waals surface area contributed by atoms with E-state index in [-0.39, 0.29) is 0 Å². The molecule has 0 saturated carbocycles. The SMILES string of the molecule is Cc1ncccc1Oc1nc2ccccc2cc1CN. The van der Waals surface area contributed by atoms with E-state index in [0.29, 0.717) is 18.2 Å². The van der Waals surface area contributed by atoms with Crippen LogP contribution in [0.1, 0.15) is 11.3 Å². The fraction of sp³-hybridized carbons (Fsp3) is 0.125. The Bertz CT molecular complexity index is 756. The van der Waals surface area contributed by atoms with Gasteiger partial charge in [-0.3, -0.25) is 4.98 Å². The topological polar surface area (TPSA) is 61.0 Å². The van der Waals surface area contributed by atoms with Crippen molar-refractivity contribution in [3.63, 3.8) is 0 Å². The minimum Gasteiger partial charge on any atom is -0.437 e. The Kier molecular flexibility index (Phi) is 3.31. The van der Waals surface area contributed by atoms with Gasteiger partial charge in [-0.05, 0) is 31.2 Å². The second-order valence-electron chi connectivity index (χ2n) is 4.54. The van der Waals surface area contributed by atoms with Gasteiger partial charge in [-0.15, -0.1) is 0 Å². The first kappa shape index (κ1) is 12.6. The predicted octanol–water partition coefficient (Wildman–Crippen LogP) is 3.19. The third-order valence-electron chi connectivity index (χ3n) is 3.15. The van der Waals surface area contributed by atoms with Gasteiger partial charge in [0.2, 0.25) is 5.88 Å². The third kappa shape index (κ3) is 2.33. The monoisotopic (exact) mass is 265 g/mol. The van der Waals surface area contributed by atoms with Crippen LogP contribution in [0.3, 0.4) is 0 Å². The number of rotatable bonds is 3. The zero-order chi connectivity index (χ0) is 13.9. The molecule has 1 aromatic carbocycles. The molecule has 20 heavy (non-hydrogen) atoms. The Labute approximate surface area is 117 Å². The van der Waals surface area contributed by atoms with Crippen LogP contribution in [-0.2, 0) is 6.54 Å². The number of aryl methyl sites for hydroxylation is 1. The Morgan fingerprint density at radius 1 is 1.15 bits per heavy atom. The van der Waals surface area contributed by atoms with Crippen LogP contribution in [0.4, 0.5) is 0 Å². The second kappa shape index (κ2) is 5.27. The zero-order valence-electron chi connectivity index (χ0n) is 11.2. The maximum Gasteiger partial charge on any atom is 0.224 e. The van der Waals surface area contributed by atoms with Crippen LogP contribution in [0.25, 0.3) is 10.9 Å². The summed E-state index contributed by atoms with van der Waals surface area (Å²) in [4.78, 5) is 8.76. The minimum absolute atomic E-state index is 0.381.